The van der Waals surface area contributed by atoms with Crippen molar-refractivity contribution in [1.29, 1.82) is 0 Å². The van der Waals surface area contributed by atoms with Crippen molar-refractivity contribution in [2.75, 3.05) is 5.32 Å². The first-order valence-electron chi connectivity index (χ1n) is 6.09. The van der Waals surface area contributed by atoms with E-state index in [0.29, 0.717) is 0 Å². The first-order chi connectivity index (χ1) is 10.2. The molecule has 0 spiro atoms. The largest absolute Gasteiger partial charge is 0.330 e. The molecule has 21 heavy (non-hydrogen) atoms. The molecule has 4 nitrogen and oxygen atoms in total. The van der Waals surface area contributed by atoms with E-state index in [2.05, 4.69) is 41.8 Å². The molecule has 0 saturated carbocycles. The van der Waals surface area contributed by atoms with E-state index >= 15 is 0 Å². The number of nitrogens with one attached hydrogen (secondary N) is 1. The van der Waals surface area contributed by atoms with Crippen LogP contribution < -0.4 is 5.32 Å². The van der Waals surface area contributed by atoms with Crippen LogP contribution in [0.15, 0.2) is 38.5 Å². The van der Waals surface area contributed by atoms with Gasteiger partial charge in [-0.05, 0) is 25.1 Å². The minimum absolute atomic E-state index is 0.796. The Bertz CT molecular complexity index is 740. The van der Waals surface area contributed by atoms with E-state index in [0.717, 1.165) is 36.1 Å². The Kier molecular flexibility index (Phi) is 4.89. The summed E-state index contributed by atoms with van der Waals surface area (Å²) in [5, 5.41) is 15.6. The van der Waals surface area contributed by atoms with Crippen LogP contribution in [0, 0.1) is 6.92 Å². The second kappa shape index (κ2) is 6.87. The van der Waals surface area contributed by atoms with Gasteiger partial charge in [0.05, 0.1) is 10.7 Å². The Morgan fingerprint density at radius 3 is 3.00 bits per heavy atom. The predicted octanol–water partition coefficient (Wildman–Crippen LogP) is 5.10. The van der Waals surface area contributed by atoms with Crippen LogP contribution in [-0.2, 0) is 5.75 Å². The lowest BCUT2D eigenvalue weighted by atomic mass is 10.3. The monoisotopic (exact) mass is 398 g/mol. The Labute approximate surface area is 143 Å². The van der Waals surface area contributed by atoms with Crippen LogP contribution in [0.25, 0.3) is 0 Å². The Morgan fingerprint density at radius 2 is 2.24 bits per heavy atom. The highest BCUT2D eigenvalue weighted by molar-refractivity contribution is 9.10. The topological polar surface area (TPSA) is 50.7 Å². The lowest BCUT2D eigenvalue weighted by Gasteiger charge is -2.01. The molecule has 0 fully saturated rings. The highest BCUT2D eigenvalue weighted by atomic mass is 79.9. The fourth-order valence-corrected chi connectivity index (χ4v) is 4.40. The summed E-state index contributed by atoms with van der Waals surface area (Å²) in [6.07, 6.45) is 0. The molecule has 0 bridgehead atoms. The van der Waals surface area contributed by atoms with Crippen LogP contribution in [-0.4, -0.2) is 15.2 Å². The van der Waals surface area contributed by atoms with Crippen molar-refractivity contribution in [3.8, 4) is 0 Å². The van der Waals surface area contributed by atoms with Crippen molar-refractivity contribution in [3.05, 3.63) is 44.8 Å². The molecular formula is C13H11BrN4S3. The molecule has 0 atom stereocenters. The summed E-state index contributed by atoms with van der Waals surface area (Å²) in [6.45, 7) is 2.02. The van der Waals surface area contributed by atoms with Gasteiger partial charge in [-0.25, -0.2) is 4.98 Å². The fourth-order valence-electron chi connectivity index (χ4n) is 1.62. The van der Waals surface area contributed by atoms with Crippen molar-refractivity contribution in [1.82, 2.24) is 15.2 Å². The number of hydrogen-bond acceptors (Lipinski definition) is 7. The minimum Gasteiger partial charge on any atom is -0.330 e. The summed E-state index contributed by atoms with van der Waals surface area (Å²) in [5.74, 6) is 0.829. The maximum atomic E-state index is 4.44. The quantitative estimate of drug-likeness (QED) is 0.605. The first kappa shape index (κ1) is 15.0. The van der Waals surface area contributed by atoms with Gasteiger partial charge >= 0.3 is 0 Å². The van der Waals surface area contributed by atoms with Gasteiger partial charge < -0.3 is 5.32 Å². The van der Waals surface area contributed by atoms with E-state index in [9.17, 15) is 0 Å². The standard InChI is InChI=1S/C13H11BrN4S3/c1-8-15-11(6-19-8)7-20-13-18-17-12(21-13)16-10-4-2-3-9(14)5-10/h2-6H,7H2,1H3,(H,16,17). The number of thiazole rings is 1. The lowest BCUT2D eigenvalue weighted by Crippen LogP contribution is -1.88. The highest BCUT2D eigenvalue weighted by Gasteiger charge is 2.07. The third kappa shape index (κ3) is 4.26. The molecule has 2 aromatic heterocycles. The van der Waals surface area contributed by atoms with Gasteiger partial charge in [-0.1, -0.05) is 45.1 Å². The summed E-state index contributed by atoms with van der Waals surface area (Å²) in [6, 6.07) is 7.97. The summed E-state index contributed by atoms with van der Waals surface area (Å²) < 4.78 is 1.98. The number of thioether (sulfide) groups is 1. The molecule has 0 amide bonds. The van der Waals surface area contributed by atoms with E-state index in [1.54, 1.807) is 34.4 Å². The number of aryl methyl sites for hydroxylation is 1. The Hall–Kier alpha value is -0.960. The SMILES string of the molecule is Cc1nc(CSc2nnc(Nc3cccc(Br)c3)s2)cs1. The van der Waals surface area contributed by atoms with Gasteiger partial charge in [0.1, 0.15) is 0 Å². The van der Waals surface area contributed by atoms with Crippen LogP contribution in [0.1, 0.15) is 10.7 Å². The number of halogens is 1. The first-order valence-corrected chi connectivity index (χ1v) is 9.56. The number of aromatic nitrogens is 3. The number of rotatable bonds is 5. The molecular weight excluding hydrogens is 388 g/mol. The zero-order valence-electron chi connectivity index (χ0n) is 11.0. The van der Waals surface area contributed by atoms with E-state index in [4.69, 9.17) is 0 Å². The van der Waals surface area contributed by atoms with Crippen molar-refractivity contribution in [3.63, 3.8) is 0 Å². The van der Waals surface area contributed by atoms with Crippen LogP contribution in [0.4, 0.5) is 10.8 Å². The molecule has 2 heterocycles. The molecule has 1 N–H and O–H groups in total. The smallest absolute Gasteiger partial charge is 0.210 e. The molecule has 3 aromatic rings. The van der Waals surface area contributed by atoms with Gasteiger partial charge in [0.2, 0.25) is 5.13 Å². The van der Waals surface area contributed by atoms with Crippen molar-refractivity contribution < 1.29 is 0 Å². The molecule has 3 rings (SSSR count). The van der Waals surface area contributed by atoms with Crippen LogP contribution in [0.3, 0.4) is 0 Å². The van der Waals surface area contributed by atoms with E-state index in [-0.39, 0.29) is 0 Å². The average Bonchev–Trinajstić information content (AvgIpc) is 3.06. The maximum absolute atomic E-state index is 4.44. The van der Waals surface area contributed by atoms with Crippen molar-refractivity contribution in [2.45, 2.75) is 17.0 Å². The summed E-state index contributed by atoms with van der Waals surface area (Å²) >= 11 is 8.34. The molecule has 0 aliphatic carbocycles. The van der Waals surface area contributed by atoms with Gasteiger partial charge in [-0.3, -0.25) is 0 Å². The summed E-state index contributed by atoms with van der Waals surface area (Å²) in [4.78, 5) is 4.44. The maximum Gasteiger partial charge on any atom is 0.210 e. The van der Waals surface area contributed by atoms with Crippen molar-refractivity contribution in [2.24, 2.45) is 0 Å². The third-order valence-corrected chi connectivity index (χ3v) is 5.81. The predicted molar refractivity (Wildman–Crippen MR) is 93.7 cm³/mol. The van der Waals surface area contributed by atoms with Gasteiger partial charge in [-0.15, -0.1) is 21.5 Å². The molecule has 0 aliphatic heterocycles. The average molecular weight is 399 g/mol. The lowest BCUT2D eigenvalue weighted by molar-refractivity contribution is 1.01. The van der Waals surface area contributed by atoms with E-state index in [1.165, 1.54) is 0 Å². The summed E-state index contributed by atoms with van der Waals surface area (Å²) in [7, 11) is 0. The van der Waals surface area contributed by atoms with Crippen molar-refractivity contribution >= 4 is 61.2 Å². The molecule has 0 radical (unpaired) electrons. The zero-order valence-corrected chi connectivity index (χ0v) is 15.1. The Balaban J connectivity index is 1.61. The number of anilines is 2. The Morgan fingerprint density at radius 1 is 1.33 bits per heavy atom. The molecule has 0 unspecified atom stereocenters. The van der Waals surface area contributed by atoms with Crippen LogP contribution in [0.5, 0.6) is 0 Å². The summed E-state index contributed by atoms with van der Waals surface area (Å²) in [5.41, 5.74) is 2.09. The fraction of sp³-hybridized carbons (Fsp3) is 0.154. The molecule has 108 valence electrons. The van der Waals surface area contributed by atoms with Crippen LogP contribution >= 0.6 is 50.4 Å². The zero-order chi connectivity index (χ0) is 14.7. The molecule has 8 heteroatoms. The van der Waals surface area contributed by atoms with E-state index < -0.39 is 0 Å². The number of hydrogen-bond donors (Lipinski definition) is 1. The molecule has 0 saturated heterocycles. The normalized spacial score (nSPS) is 10.8. The molecule has 0 aliphatic rings. The molecule has 1 aromatic carbocycles. The van der Waals surface area contributed by atoms with Crippen LogP contribution in [0.2, 0.25) is 0 Å². The third-order valence-electron chi connectivity index (χ3n) is 2.49. The minimum atomic E-state index is 0.796. The van der Waals surface area contributed by atoms with Gasteiger partial charge in [0.25, 0.3) is 0 Å². The van der Waals surface area contributed by atoms with Gasteiger partial charge in [0, 0.05) is 21.3 Å². The van der Waals surface area contributed by atoms with Gasteiger partial charge in [0.15, 0.2) is 4.34 Å². The number of benzene rings is 1. The van der Waals surface area contributed by atoms with Gasteiger partial charge in [-0.2, -0.15) is 0 Å². The van der Waals surface area contributed by atoms with E-state index in [1.807, 2.05) is 31.2 Å². The highest BCUT2D eigenvalue weighted by Crippen LogP contribution is 2.30. The second-order valence-corrected chi connectivity index (χ2v) is 8.33. The second-order valence-electron chi connectivity index (χ2n) is 4.16. The number of nitrogens with zero attached hydrogens (tertiary/aromatic N) is 3.